The van der Waals surface area contributed by atoms with Crippen molar-refractivity contribution in [3.05, 3.63) is 23.8 Å². The van der Waals surface area contributed by atoms with Crippen LogP contribution in [0.4, 0.5) is 0 Å². The Bertz CT molecular complexity index is 365. The number of carbonyl (C=O) groups is 1. The number of thioether (sulfide) groups is 1. The Morgan fingerprint density at radius 3 is 2.75 bits per heavy atom. The Morgan fingerprint density at radius 1 is 1.44 bits per heavy atom. The Kier molecular flexibility index (Phi) is 5.14. The normalized spacial score (nSPS) is 10.1. The molecule has 0 fully saturated rings. The molecule has 1 aromatic rings. The third kappa shape index (κ3) is 3.15. The number of rotatable bonds is 6. The first-order chi connectivity index (χ1) is 7.70. The van der Waals surface area contributed by atoms with Crippen LogP contribution in [0.15, 0.2) is 23.1 Å². The summed E-state index contributed by atoms with van der Waals surface area (Å²) in [6.07, 6.45) is 1.82. The molecule has 0 amide bonds. The second-order valence-corrected chi connectivity index (χ2v) is 3.80. The van der Waals surface area contributed by atoms with Crippen LogP contribution in [0.5, 0.6) is 5.75 Å². The summed E-state index contributed by atoms with van der Waals surface area (Å²) >= 11 is 1.36. The second kappa shape index (κ2) is 6.40. The lowest BCUT2D eigenvalue weighted by Gasteiger charge is -2.11. The highest BCUT2D eigenvalue weighted by atomic mass is 32.2. The van der Waals surface area contributed by atoms with Crippen LogP contribution < -0.4 is 4.74 Å². The van der Waals surface area contributed by atoms with Crippen molar-refractivity contribution < 1.29 is 19.4 Å². The second-order valence-electron chi connectivity index (χ2n) is 2.98. The van der Waals surface area contributed by atoms with Gasteiger partial charge in [-0.25, -0.2) is 4.79 Å². The minimum absolute atomic E-state index is 0.266. The molecular weight excluding hydrogens is 228 g/mol. The minimum atomic E-state index is -0.943. The first-order valence-corrected chi connectivity index (χ1v) is 5.95. The van der Waals surface area contributed by atoms with Crippen molar-refractivity contribution in [2.24, 2.45) is 0 Å². The number of ether oxygens (including phenoxy) is 2. The van der Waals surface area contributed by atoms with Crippen molar-refractivity contribution in [2.45, 2.75) is 4.90 Å². The number of benzene rings is 1. The molecule has 5 heteroatoms. The standard InChI is InChI=1S/C11H14O4S/c1-14-6-7-15-9-5-3-4-8(11(12)13)10(9)16-2/h3-5H,6-7H2,1-2H3,(H,12,13). The summed E-state index contributed by atoms with van der Waals surface area (Å²) in [5.41, 5.74) is 0.266. The molecule has 0 bridgehead atoms. The molecule has 0 unspecified atom stereocenters. The lowest BCUT2D eigenvalue weighted by molar-refractivity contribution is 0.0692. The number of hydrogen-bond donors (Lipinski definition) is 1. The molecule has 0 aliphatic rings. The first kappa shape index (κ1) is 12.9. The van der Waals surface area contributed by atoms with Crippen LogP contribution in [0.2, 0.25) is 0 Å². The molecule has 1 N–H and O–H groups in total. The van der Waals surface area contributed by atoms with Gasteiger partial charge >= 0.3 is 5.97 Å². The van der Waals surface area contributed by atoms with Crippen LogP contribution >= 0.6 is 11.8 Å². The summed E-state index contributed by atoms with van der Waals surface area (Å²) in [5, 5.41) is 9.00. The zero-order chi connectivity index (χ0) is 12.0. The topological polar surface area (TPSA) is 55.8 Å². The fourth-order valence-electron chi connectivity index (χ4n) is 1.24. The van der Waals surface area contributed by atoms with Crippen molar-refractivity contribution in [3.63, 3.8) is 0 Å². The quantitative estimate of drug-likeness (QED) is 0.611. The van der Waals surface area contributed by atoms with Crippen LogP contribution in [0.3, 0.4) is 0 Å². The third-order valence-corrected chi connectivity index (χ3v) is 2.79. The Hall–Kier alpha value is -1.20. The van der Waals surface area contributed by atoms with Crippen LogP contribution in [-0.2, 0) is 4.74 Å². The smallest absolute Gasteiger partial charge is 0.336 e. The van der Waals surface area contributed by atoms with Gasteiger partial charge in [-0.3, -0.25) is 0 Å². The Morgan fingerprint density at radius 2 is 2.19 bits per heavy atom. The van der Waals surface area contributed by atoms with E-state index in [1.165, 1.54) is 11.8 Å². The van der Waals surface area contributed by atoms with E-state index in [9.17, 15) is 4.79 Å². The largest absolute Gasteiger partial charge is 0.490 e. The van der Waals surface area contributed by atoms with Gasteiger partial charge in [-0.15, -0.1) is 11.8 Å². The van der Waals surface area contributed by atoms with E-state index in [4.69, 9.17) is 14.6 Å². The molecule has 88 valence electrons. The maximum atomic E-state index is 11.0. The highest BCUT2D eigenvalue weighted by molar-refractivity contribution is 7.98. The molecule has 0 spiro atoms. The van der Waals surface area contributed by atoms with E-state index in [1.54, 1.807) is 25.3 Å². The highest BCUT2D eigenvalue weighted by Gasteiger charge is 2.13. The van der Waals surface area contributed by atoms with Crippen molar-refractivity contribution in [1.82, 2.24) is 0 Å². The van der Waals surface area contributed by atoms with Gasteiger partial charge in [0, 0.05) is 7.11 Å². The fraction of sp³-hybridized carbons (Fsp3) is 0.364. The molecule has 0 aliphatic carbocycles. The van der Waals surface area contributed by atoms with Gasteiger partial charge in [0.15, 0.2) is 0 Å². The molecule has 1 aromatic carbocycles. The van der Waals surface area contributed by atoms with E-state index in [0.29, 0.717) is 23.9 Å². The molecule has 0 radical (unpaired) electrons. The summed E-state index contributed by atoms with van der Waals surface area (Å²) in [4.78, 5) is 11.6. The minimum Gasteiger partial charge on any atom is -0.490 e. The zero-order valence-corrected chi connectivity index (χ0v) is 10.0. The predicted octanol–water partition coefficient (Wildman–Crippen LogP) is 2.13. The van der Waals surface area contributed by atoms with Gasteiger partial charge in [-0.2, -0.15) is 0 Å². The lowest BCUT2D eigenvalue weighted by Crippen LogP contribution is -2.07. The summed E-state index contributed by atoms with van der Waals surface area (Å²) in [7, 11) is 1.59. The molecule has 0 aliphatic heterocycles. The van der Waals surface area contributed by atoms with Crippen molar-refractivity contribution in [2.75, 3.05) is 26.6 Å². The number of carboxylic acid groups (broad SMARTS) is 1. The first-order valence-electron chi connectivity index (χ1n) is 4.72. The van der Waals surface area contributed by atoms with Crippen LogP contribution in [0.1, 0.15) is 10.4 Å². The van der Waals surface area contributed by atoms with E-state index in [2.05, 4.69) is 0 Å². The van der Waals surface area contributed by atoms with E-state index in [1.807, 2.05) is 6.26 Å². The van der Waals surface area contributed by atoms with Crippen LogP contribution in [0, 0.1) is 0 Å². The van der Waals surface area contributed by atoms with Gasteiger partial charge < -0.3 is 14.6 Å². The monoisotopic (exact) mass is 242 g/mol. The molecule has 0 saturated heterocycles. The van der Waals surface area contributed by atoms with Crippen molar-refractivity contribution >= 4 is 17.7 Å². The van der Waals surface area contributed by atoms with E-state index in [0.717, 1.165) is 0 Å². The van der Waals surface area contributed by atoms with Crippen molar-refractivity contribution in [3.8, 4) is 5.75 Å². The van der Waals surface area contributed by atoms with Gasteiger partial charge in [0.2, 0.25) is 0 Å². The summed E-state index contributed by atoms with van der Waals surface area (Å²) in [6.45, 7) is 0.887. The molecule has 16 heavy (non-hydrogen) atoms. The SMILES string of the molecule is COCCOc1cccc(C(=O)O)c1SC. The van der Waals surface area contributed by atoms with E-state index >= 15 is 0 Å². The van der Waals surface area contributed by atoms with E-state index in [-0.39, 0.29) is 5.56 Å². The molecule has 1 rings (SSSR count). The maximum absolute atomic E-state index is 11.0. The molecule has 0 aromatic heterocycles. The average Bonchev–Trinajstić information content (AvgIpc) is 2.29. The number of hydrogen-bond acceptors (Lipinski definition) is 4. The fourth-order valence-corrected chi connectivity index (χ4v) is 1.95. The van der Waals surface area contributed by atoms with Crippen LogP contribution in [-0.4, -0.2) is 37.7 Å². The predicted molar refractivity (Wildman–Crippen MR) is 62.6 cm³/mol. The summed E-state index contributed by atoms with van der Waals surface area (Å²) in [5.74, 6) is -0.356. The van der Waals surface area contributed by atoms with Gasteiger partial charge in [-0.1, -0.05) is 6.07 Å². The molecular formula is C11H14O4S. The molecule has 0 saturated carbocycles. The van der Waals surface area contributed by atoms with Gasteiger partial charge in [0.05, 0.1) is 17.1 Å². The number of aromatic carboxylic acids is 1. The lowest BCUT2D eigenvalue weighted by atomic mass is 10.2. The van der Waals surface area contributed by atoms with Crippen LogP contribution in [0.25, 0.3) is 0 Å². The number of carboxylic acids is 1. The van der Waals surface area contributed by atoms with Gasteiger partial charge in [0.25, 0.3) is 0 Å². The summed E-state index contributed by atoms with van der Waals surface area (Å²) < 4.78 is 10.3. The van der Waals surface area contributed by atoms with Gasteiger partial charge in [0.1, 0.15) is 12.4 Å². The Labute approximate surface area is 98.6 Å². The average molecular weight is 242 g/mol. The third-order valence-electron chi connectivity index (χ3n) is 1.96. The zero-order valence-electron chi connectivity index (χ0n) is 9.23. The number of methoxy groups -OCH3 is 1. The Balaban J connectivity index is 2.90. The summed E-state index contributed by atoms with van der Waals surface area (Å²) in [6, 6.07) is 5.00. The van der Waals surface area contributed by atoms with Gasteiger partial charge in [-0.05, 0) is 18.4 Å². The molecule has 0 atom stereocenters. The molecule has 4 nitrogen and oxygen atoms in total. The highest BCUT2D eigenvalue weighted by Crippen LogP contribution is 2.31. The van der Waals surface area contributed by atoms with E-state index < -0.39 is 5.97 Å². The molecule has 0 heterocycles. The van der Waals surface area contributed by atoms with Crippen molar-refractivity contribution in [1.29, 1.82) is 0 Å². The maximum Gasteiger partial charge on any atom is 0.336 e.